The van der Waals surface area contributed by atoms with Crippen LogP contribution in [0.4, 0.5) is 11.4 Å². The molecule has 1 N–H and O–H groups in total. The summed E-state index contributed by atoms with van der Waals surface area (Å²) in [5, 5.41) is 4.13. The Balaban J connectivity index is 2.00. The summed E-state index contributed by atoms with van der Waals surface area (Å²) in [6.45, 7) is 3.10. The van der Waals surface area contributed by atoms with Crippen LogP contribution in [0, 0.1) is 5.92 Å². The molecule has 2 atom stereocenters. The van der Waals surface area contributed by atoms with Gasteiger partial charge in [0.1, 0.15) is 6.04 Å². The minimum atomic E-state index is -0.0293. The molecule has 2 aromatic rings. The molecule has 2 unspecified atom stereocenters. The number of nitrogens with one attached hydrogen (secondary N) is 1. The summed E-state index contributed by atoms with van der Waals surface area (Å²) in [5.41, 5.74) is 2.96. The molecule has 1 amide bonds. The van der Waals surface area contributed by atoms with Gasteiger partial charge in [-0.3, -0.25) is 9.78 Å². The lowest BCUT2D eigenvalue weighted by Crippen LogP contribution is -2.46. The lowest BCUT2D eigenvalue weighted by molar-refractivity contribution is -0.118. The number of amides is 1. The van der Waals surface area contributed by atoms with E-state index < -0.39 is 0 Å². The molecule has 2 aliphatic heterocycles. The van der Waals surface area contributed by atoms with E-state index in [0.717, 1.165) is 35.2 Å². The Bertz CT molecular complexity index is 682. The Kier molecular flexibility index (Phi) is 2.10. The zero-order valence-electron chi connectivity index (χ0n) is 10.8. The average Bonchev–Trinajstić information content (AvgIpc) is 2.81. The van der Waals surface area contributed by atoms with Crippen LogP contribution >= 0.6 is 0 Å². The molecule has 0 spiro atoms. The molecule has 3 heterocycles. The monoisotopic (exact) mass is 253 g/mol. The van der Waals surface area contributed by atoms with E-state index >= 15 is 0 Å². The first kappa shape index (κ1) is 10.8. The molecule has 4 nitrogen and oxygen atoms in total. The van der Waals surface area contributed by atoms with Crippen molar-refractivity contribution in [1.29, 1.82) is 0 Å². The molecular weight excluding hydrogens is 238 g/mol. The van der Waals surface area contributed by atoms with E-state index in [2.05, 4.69) is 28.2 Å². The summed E-state index contributed by atoms with van der Waals surface area (Å²) in [4.78, 5) is 18.9. The Labute approximate surface area is 111 Å². The van der Waals surface area contributed by atoms with E-state index in [1.54, 1.807) is 6.20 Å². The van der Waals surface area contributed by atoms with Crippen molar-refractivity contribution in [3.63, 3.8) is 0 Å². The van der Waals surface area contributed by atoms with Crippen molar-refractivity contribution in [2.45, 2.75) is 19.4 Å². The SMILES string of the molecule is CC1CCN2c3c(cnc4ccccc34)NC(=O)C12. The van der Waals surface area contributed by atoms with Crippen molar-refractivity contribution in [1.82, 2.24) is 4.98 Å². The second-order valence-corrected chi connectivity index (χ2v) is 5.43. The molecular formula is C15H15N3O. The van der Waals surface area contributed by atoms with E-state index in [-0.39, 0.29) is 11.9 Å². The number of hydrogen-bond donors (Lipinski definition) is 1. The first-order valence-electron chi connectivity index (χ1n) is 6.71. The fourth-order valence-electron chi connectivity index (χ4n) is 3.33. The van der Waals surface area contributed by atoms with Crippen molar-refractivity contribution >= 4 is 28.2 Å². The van der Waals surface area contributed by atoms with Crippen molar-refractivity contribution in [3.05, 3.63) is 30.5 Å². The van der Waals surface area contributed by atoms with Crippen LogP contribution in [0.1, 0.15) is 13.3 Å². The quantitative estimate of drug-likeness (QED) is 0.784. The summed E-state index contributed by atoms with van der Waals surface area (Å²) in [6, 6.07) is 8.08. The van der Waals surface area contributed by atoms with Crippen LogP contribution in [-0.2, 0) is 4.79 Å². The lowest BCUT2D eigenvalue weighted by atomic mass is 9.99. The van der Waals surface area contributed by atoms with Crippen LogP contribution in [0.2, 0.25) is 0 Å². The highest BCUT2D eigenvalue weighted by molar-refractivity contribution is 6.10. The van der Waals surface area contributed by atoms with Crippen molar-refractivity contribution < 1.29 is 4.79 Å². The number of nitrogens with zero attached hydrogens (tertiary/aromatic N) is 2. The van der Waals surface area contributed by atoms with Crippen molar-refractivity contribution in [2.24, 2.45) is 5.92 Å². The number of pyridine rings is 1. The molecule has 1 fully saturated rings. The predicted molar refractivity (Wildman–Crippen MR) is 75.3 cm³/mol. The van der Waals surface area contributed by atoms with E-state index in [1.807, 2.05) is 18.2 Å². The maximum absolute atomic E-state index is 12.2. The maximum atomic E-state index is 12.2. The van der Waals surface area contributed by atoms with Gasteiger partial charge in [-0.2, -0.15) is 0 Å². The number of rotatable bonds is 0. The standard InChI is InChI=1S/C15H15N3O/c1-9-6-7-18-13(9)15(19)17-12-8-16-11-5-3-2-4-10(11)14(12)18/h2-5,8-9,13H,6-7H2,1H3,(H,17,19). The van der Waals surface area contributed by atoms with Crippen molar-refractivity contribution in [2.75, 3.05) is 16.8 Å². The average molecular weight is 253 g/mol. The normalized spacial score (nSPS) is 25.1. The number of carbonyl (C=O) groups excluding carboxylic acids is 1. The molecule has 1 aromatic heterocycles. The van der Waals surface area contributed by atoms with Crippen LogP contribution in [0.3, 0.4) is 0 Å². The smallest absolute Gasteiger partial charge is 0.247 e. The van der Waals surface area contributed by atoms with Gasteiger partial charge in [-0.05, 0) is 18.4 Å². The highest BCUT2D eigenvalue weighted by atomic mass is 16.2. The minimum Gasteiger partial charge on any atom is -0.357 e. The summed E-state index contributed by atoms with van der Waals surface area (Å²) in [7, 11) is 0. The van der Waals surface area contributed by atoms with Crippen LogP contribution in [0.15, 0.2) is 30.5 Å². The van der Waals surface area contributed by atoms with Crippen LogP contribution in [0.25, 0.3) is 10.9 Å². The molecule has 0 bridgehead atoms. The molecule has 1 saturated heterocycles. The van der Waals surface area contributed by atoms with Gasteiger partial charge < -0.3 is 10.2 Å². The Morgan fingerprint density at radius 3 is 3.11 bits per heavy atom. The third-order valence-corrected chi connectivity index (χ3v) is 4.26. The number of carbonyl (C=O) groups is 1. The zero-order chi connectivity index (χ0) is 13.0. The third kappa shape index (κ3) is 1.40. The fourth-order valence-corrected chi connectivity index (χ4v) is 3.33. The van der Waals surface area contributed by atoms with Crippen LogP contribution in [-0.4, -0.2) is 23.5 Å². The van der Waals surface area contributed by atoms with E-state index in [9.17, 15) is 4.79 Å². The number of fused-ring (bicyclic) bond motifs is 5. The van der Waals surface area contributed by atoms with Gasteiger partial charge in [0.25, 0.3) is 0 Å². The second kappa shape index (κ2) is 3.70. The molecule has 4 rings (SSSR count). The van der Waals surface area contributed by atoms with Gasteiger partial charge in [0, 0.05) is 11.9 Å². The largest absolute Gasteiger partial charge is 0.357 e. The Morgan fingerprint density at radius 2 is 2.21 bits per heavy atom. The zero-order valence-corrected chi connectivity index (χ0v) is 10.8. The number of benzene rings is 1. The molecule has 96 valence electrons. The lowest BCUT2D eigenvalue weighted by Gasteiger charge is -2.35. The third-order valence-electron chi connectivity index (χ3n) is 4.26. The summed E-state index contributed by atoms with van der Waals surface area (Å²) in [6.07, 6.45) is 2.84. The number of para-hydroxylation sites is 1. The topological polar surface area (TPSA) is 45.2 Å². The van der Waals surface area contributed by atoms with Gasteiger partial charge in [-0.15, -0.1) is 0 Å². The van der Waals surface area contributed by atoms with Gasteiger partial charge in [-0.25, -0.2) is 0 Å². The van der Waals surface area contributed by atoms with E-state index in [0.29, 0.717) is 5.92 Å². The highest BCUT2D eigenvalue weighted by Gasteiger charge is 2.41. The fraction of sp³-hybridized carbons (Fsp3) is 0.333. The minimum absolute atomic E-state index is 0.0293. The molecule has 4 heteroatoms. The van der Waals surface area contributed by atoms with E-state index in [1.165, 1.54) is 0 Å². The second-order valence-electron chi connectivity index (χ2n) is 5.43. The molecule has 0 aliphatic carbocycles. The Hall–Kier alpha value is -2.10. The molecule has 19 heavy (non-hydrogen) atoms. The number of hydrogen-bond acceptors (Lipinski definition) is 3. The van der Waals surface area contributed by atoms with Crippen LogP contribution < -0.4 is 10.2 Å². The molecule has 1 aromatic carbocycles. The first-order chi connectivity index (χ1) is 9.25. The Morgan fingerprint density at radius 1 is 1.37 bits per heavy atom. The highest BCUT2D eigenvalue weighted by Crippen LogP contribution is 2.42. The van der Waals surface area contributed by atoms with Gasteiger partial charge in [0.2, 0.25) is 5.91 Å². The summed E-state index contributed by atoms with van der Waals surface area (Å²) < 4.78 is 0. The maximum Gasteiger partial charge on any atom is 0.247 e. The molecule has 0 radical (unpaired) electrons. The van der Waals surface area contributed by atoms with Gasteiger partial charge in [-0.1, -0.05) is 25.1 Å². The molecule has 2 aliphatic rings. The molecule has 0 saturated carbocycles. The summed E-state index contributed by atoms with van der Waals surface area (Å²) in [5.74, 6) is 0.509. The number of aromatic nitrogens is 1. The number of anilines is 2. The van der Waals surface area contributed by atoms with Crippen LogP contribution in [0.5, 0.6) is 0 Å². The van der Waals surface area contributed by atoms with Gasteiger partial charge >= 0.3 is 0 Å². The van der Waals surface area contributed by atoms with Gasteiger partial charge in [0.05, 0.1) is 23.1 Å². The van der Waals surface area contributed by atoms with Gasteiger partial charge in [0.15, 0.2) is 0 Å². The van der Waals surface area contributed by atoms with E-state index in [4.69, 9.17) is 0 Å². The van der Waals surface area contributed by atoms with Crippen molar-refractivity contribution in [3.8, 4) is 0 Å². The first-order valence-corrected chi connectivity index (χ1v) is 6.71. The summed E-state index contributed by atoms with van der Waals surface area (Å²) >= 11 is 0. The predicted octanol–water partition coefficient (Wildman–Crippen LogP) is 2.40.